The van der Waals surface area contributed by atoms with Gasteiger partial charge in [0.2, 0.25) is 11.8 Å². The third-order valence-electron chi connectivity index (χ3n) is 4.33. The summed E-state index contributed by atoms with van der Waals surface area (Å²) in [5, 5.41) is 10.9. The summed E-state index contributed by atoms with van der Waals surface area (Å²) in [4.78, 5) is 14.4. The topological polar surface area (TPSA) is 80.5 Å². The van der Waals surface area contributed by atoms with Gasteiger partial charge in [0, 0.05) is 30.0 Å². The number of hydrogen-bond donors (Lipinski definition) is 1. The normalized spacial score (nSPS) is 14.0. The molecule has 1 N–H and O–H groups in total. The van der Waals surface area contributed by atoms with Crippen LogP contribution in [-0.2, 0) is 9.53 Å². The summed E-state index contributed by atoms with van der Waals surface area (Å²) in [5.41, 5.74) is 2.32. The number of anilines is 2. The standard InChI is InChI=1S/C20H19FN4O3S/c21-15-3-1-2-14(12-15)19-23-24-20(28-19)29-13-18(26)22-16-4-6-17(7-5-16)25-8-10-27-11-9-25/h1-7,12H,8-11,13H2,(H,22,26). The number of nitrogens with one attached hydrogen (secondary N) is 1. The van der Waals surface area contributed by atoms with E-state index in [0.717, 1.165) is 49.4 Å². The van der Waals surface area contributed by atoms with Gasteiger partial charge >= 0.3 is 0 Å². The Morgan fingerprint density at radius 3 is 2.69 bits per heavy atom. The number of morpholine rings is 1. The van der Waals surface area contributed by atoms with E-state index >= 15 is 0 Å². The van der Waals surface area contributed by atoms with Crippen LogP contribution in [0.25, 0.3) is 11.5 Å². The second-order valence-corrected chi connectivity index (χ2v) is 7.29. The monoisotopic (exact) mass is 414 g/mol. The molecule has 0 radical (unpaired) electrons. The summed E-state index contributed by atoms with van der Waals surface area (Å²) >= 11 is 1.13. The number of benzene rings is 2. The zero-order valence-corrected chi connectivity index (χ0v) is 16.3. The molecule has 1 aliphatic heterocycles. The molecule has 4 rings (SSSR count). The smallest absolute Gasteiger partial charge is 0.277 e. The lowest BCUT2D eigenvalue weighted by Gasteiger charge is -2.28. The molecule has 1 aliphatic rings. The second-order valence-electron chi connectivity index (χ2n) is 6.37. The maximum atomic E-state index is 13.3. The minimum absolute atomic E-state index is 0.121. The molecule has 29 heavy (non-hydrogen) atoms. The van der Waals surface area contributed by atoms with Gasteiger partial charge in [-0.15, -0.1) is 10.2 Å². The maximum absolute atomic E-state index is 13.3. The molecule has 3 aromatic rings. The first-order valence-electron chi connectivity index (χ1n) is 9.12. The fourth-order valence-electron chi connectivity index (χ4n) is 2.91. The third-order valence-corrected chi connectivity index (χ3v) is 5.15. The first-order chi connectivity index (χ1) is 14.2. The Morgan fingerprint density at radius 2 is 1.93 bits per heavy atom. The number of carbonyl (C=O) groups is 1. The van der Waals surface area contributed by atoms with E-state index in [1.54, 1.807) is 12.1 Å². The predicted molar refractivity (Wildman–Crippen MR) is 109 cm³/mol. The molecule has 0 spiro atoms. The number of carbonyl (C=O) groups excluding carboxylic acids is 1. The zero-order chi connectivity index (χ0) is 20.1. The van der Waals surface area contributed by atoms with Gasteiger partial charge in [0.05, 0.1) is 19.0 Å². The van der Waals surface area contributed by atoms with Gasteiger partial charge in [-0.2, -0.15) is 0 Å². The summed E-state index contributed by atoms with van der Waals surface area (Å²) in [6, 6.07) is 13.6. The van der Waals surface area contributed by atoms with Crippen LogP contribution in [0, 0.1) is 5.82 Å². The van der Waals surface area contributed by atoms with Crippen molar-refractivity contribution in [1.82, 2.24) is 10.2 Å². The van der Waals surface area contributed by atoms with E-state index in [4.69, 9.17) is 9.15 Å². The summed E-state index contributed by atoms with van der Waals surface area (Å²) < 4.78 is 24.1. The molecule has 7 nitrogen and oxygen atoms in total. The van der Waals surface area contributed by atoms with Crippen molar-refractivity contribution in [2.75, 3.05) is 42.3 Å². The van der Waals surface area contributed by atoms with Crippen LogP contribution in [0.4, 0.5) is 15.8 Å². The highest BCUT2D eigenvalue weighted by atomic mass is 32.2. The number of amides is 1. The van der Waals surface area contributed by atoms with Gasteiger partial charge in [-0.05, 0) is 42.5 Å². The van der Waals surface area contributed by atoms with Crippen LogP contribution >= 0.6 is 11.8 Å². The average molecular weight is 414 g/mol. The summed E-state index contributed by atoms with van der Waals surface area (Å²) in [7, 11) is 0. The number of halogens is 1. The highest BCUT2D eigenvalue weighted by Crippen LogP contribution is 2.24. The second kappa shape index (κ2) is 9.06. The molecular weight excluding hydrogens is 395 g/mol. The molecule has 9 heteroatoms. The molecule has 2 heterocycles. The van der Waals surface area contributed by atoms with Crippen LogP contribution in [-0.4, -0.2) is 48.2 Å². The Morgan fingerprint density at radius 1 is 1.14 bits per heavy atom. The van der Waals surface area contributed by atoms with E-state index in [0.29, 0.717) is 5.56 Å². The van der Waals surface area contributed by atoms with Crippen molar-refractivity contribution in [3.63, 3.8) is 0 Å². The van der Waals surface area contributed by atoms with Gasteiger partial charge < -0.3 is 19.4 Å². The van der Waals surface area contributed by atoms with Crippen molar-refractivity contribution in [3.05, 3.63) is 54.3 Å². The minimum atomic E-state index is -0.381. The molecule has 0 bridgehead atoms. The van der Waals surface area contributed by atoms with Crippen LogP contribution in [0.3, 0.4) is 0 Å². The molecule has 1 amide bonds. The van der Waals surface area contributed by atoms with Crippen LogP contribution in [0.15, 0.2) is 58.2 Å². The average Bonchev–Trinajstić information content (AvgIpc) is 3.23. The van der Waals surface area contributed by atoms with Gasteiger partial charge in [0.1, 0.15) is 5.82 Å². The van der Waals surface area contributed by atoms with E-state index in [1.165, 1.54) is 12.1 Å². The quantitative estimate of drug-likeness (QED) is 0.619. The van der Waals surface area contributed by atoms with Crippen molar-refractivity contribution in [2.45, 2.75) is 5.22 Å². The fourth-order valence-corrected chi connectivity index (χ4v) is 3.47. The number of aromatic nitrogens is 2. The van der Waals surface area contributed by atoms with Crippen molar-refractivity contribution < 1.29 is 18.3 Å². The van der Waals surface area contributed by atoms with E-state index in [9.17, 15) is 9.18 Å². The largest absolute Gasteiger partial charge is 0.411 e. The van der Waals surface area contributed by atoms with Crippen molar-refractivity contribution in [1.29, 1.82) is 0 Å². The van der Waals surface area contributed by atoms with E-state index in [1.807, 2.05) is 24.3 Å². The number of hydrogen-bond acceptors (Lipinski definition) is 7. The molecule has 150 valence electrons. The Balaban J connectivity index is 1.29. The van der Waals surface area contributed by atoms with Crippen molar-refractivity contribution in [3.8, 4) is 11.5 Å². The Bertz CT molecular complexity index is 974. The Hall–Kier alpha value is -2.91. The molecule has 1 aromatic heterocycles. The predicted octanol–water partition coefficient (Wildman–Crippen LogP) is 3.44. The number of rotatable bonds is 6. The summed E-state index contributed by atoms with van der Waals surface area (Å²) in [5.74, 6) is -0.227. The zero-order valence-electron chi connectivity index (χ0n) is 15.5. The van der Waals surface area contributed by atoms with E-state index < -0.39 is 0 Å². The van der Waals surface area contributed by atoms with Crippen molar-refractivity contribution >= 4 is 29.0 Å². The highest BCUT2D eigenvalue weighted by Gasteiger charge is 2.13. The van der Waals surface area contributed by atoms with Gasteiger partial charge in [0.15, 0.2) is 0 Å². The summed E-state index contributed by atoms with van der Waals surface area (Å²) in [6.45, 7) is 3.19. The Kier molecular flexibility index (Phi) is 6.06. The number of thioether (sulfide) groups is 1. The van der Waals surface area contributed by atoms with Gasteiger partial charge in [-0.25, -0.2) is 4.39 Å². The highest BCUT2D eigenvalue weighted by molar-refractivity contribution is 7.99. The molecule has 2 aromatic carbocycles. The molecule has 0 saturated carbocycles. The first kappa shape index (κ1) is 19.4. The number of ether oxygens (including phenoxy) is 1. The maximum Gasteiger partial charge on any atom is 0.277 e. The van der Waals surface area contributed by atoms with Crippen LogP contribution in [0.1, 0.15) is 0 Å². The molecule has 0 aliphatic carbocycles. The molecule has 1 saturated heterocycles. The van der Waals surface area contributed by atoms with Crippen LogP contribution in [0.5, 0.6) is 0 Å². The SMILES string of the molecule is O=C(CSc1nnc(-c2cccc(F)c2)o1)Nc1ccc(N2CCOCC2)cc1. The van der Waals surface area contributed by atoms with Gasteiger partial charge in [-0.1, -0.05) is 17.8 Å². The lowest BCUT2D eigenvalue weighted by molar-refractivity contribution is -0.113. The van der Waals surface area contributed by atoms with Gasteiger partial charge in [-0.3, -0.25) is 4.79 Å². The van der Waals surface area contributed by atoms with Crippen LogP contribution < -0.4 is 10.2 Å². The molecule has 0 atom stereocenters. The molecule has 1 fully saturated rings. The molecular formula is C20H19FN4O3S. The lowest BCUT2D eigenvalue weighted by Crippen LogP contribution is -2.36. The van der Waals surface area contributed by atoms with Gasteiger partial charge in [0.25, 0.3) is 5.22 Å². The third kappa shape index (κ3) is 5.12. The number of nitrogens with zero attached hydrogens (tertiary/aromatic N) is 3. The van der Waals surface area contributed by atoms with Crippen LogP contribution in [0.2, 0.25) is 0 Å². The lowest BCUT2D eigenvalue weighted by atomic mass is 10.2. The fraction of sp³-hybridized carbons (Fsp3) is 0.250. The minimum Gasteiger partial charge on any atom is -0.411 e. The van der Waals surface area contributed by atoms with E-state index in [2.05, 4.69) is 20.4 Å². The van der Waals surface area contributed by atoms with Crippen molar-refractivity contribution in [2.24, 2.45) is 0 Å². The van der Waals surface area contributed by atoms with E-state index in [-0.39, 0.29) is 28.6 Å². The Labute approximate surface area is 171 Å². The summed E-state index contributed by atoms with van der Waals surface area (Å²) in [6.07, 6.45) is 0. The first-order valence-corrected chi connectivity index (χ1v) is 10.1. The molecule has 0 unspecified atom stereocenters.